The van der Waals surface area contributed by atoms with Gasteiger partial charge in [0.2, 0.25) is 0 Å². The van der Waals surface area contributed by atoms with Crippen molar-refractivity contribution >= 4 is 5.82 Å². The van der Waals surface area contributed by atoms with E-state index in [1.807, 2.05) is 30.3 Å². The minimum Gasteiger partial charge on any atom is -0.389 e. The van der Waals surface area contributed by atoms with Gasteiger partial charge in [-0.15, -0.1) is 0 Å². The summed E-state index contributed by atoms with van der Waals surface area (Å²) in [7, 11) is 0. The fourth-order valence-corrected chi connectivity index (χ4v) is 1.71. The van der Waals surface area contributed by atoms with E-state index in [9.17, 15) is 15.2 Å². The molecule has 20 heavy (non-hydrogen) atoms. The van der Waals surface area contributed by atoms with Crippen molar-refractivity contribution < 1.29 is 14.8 Å². The Morgan fingerprint density at radius 3 is 2.75 bits per heavy atom. The molecule has 1 atom stereocenters. The zero-order chi connectivity index (χ0) is 14.4. The van der Waals surface area contributed by atoms with Crippen molar-refractivity contribution in [3.05, 3.63) is 58.3 Å². The minimum absolute atomic E-state index is 0.141. The second-order valence-electron chi connectivity index (χ2n) is 4.31. The lowest BCUT2D eigenvalue weighted by Gasteiger charge is -2.09. The van der Waals surface area contributed by atoms with E-state index < -0.39 is 11.0 Å². The molecule has 1 unspecified atom stereocenters. The maximum atomic E-state index is 10.5. The van der Waals surface area contributed by atoms with Gasteiger partial charge in [-0.1, -0.05) is 30.3 Å². The van der Waals surface area contributed by atoms with Gasteiger partial charge in [0.05, 0.1) is 43.2 Å². The van der Waals surface area contributed by atoms with E-state index in [2.05, 4.69) is 5.10 Å². The molecule has 0 aliphatic rings. The maximum absolute atomic E-state index is 10.5. The maximum Gasteiger partial charge on any atom is 0.389 e. The third-order valence-electron chi connectivity index (χ3n) is 2.63. The van der Waals surface area contributed by atoms with Gasteiger partial charge < -0.3 is 20.0 Å². The number of ether oxygens (including phenoxy) is 1. The molecule has 1 aromatic carbocycles. The molecule has 1 aromatic heterocycles. The Balaban J connectivity index is 1.74. The van der Waals surface area contributed by atoms with Crippen LogP contribution in [-0.4, -0.2) is 32.5 Å². The van der Waals surface area contributed by atoms with Crippen LogP contribution in [0.2, 0.25) is 0 Å². The highest BCUT2D eigenvalue weighted by Crippen LogP contribution is 2.06. The Bertz CT molecular complexity index is 556. The SMILES string of the molecule is O=[N+]([O-])c1ccn(CC(O)COCc2ccccc2)n1. The summed E-state index contributed by atoms with van der Waals surface area (Å²) < 4.78 is 6.71. The van der Waals surface area contributed by atoms with Crippen LogP contribution in [0.1, 0.15) is 5.56 Å². The zero-order valence-electron chi connectivity index (χ0n) is 10.8. The number of aliphatic hydroxyl groups excluding tert-OH is 1. The molecule has 7 heteroatoms. The first kappa shape index (κ1) is 14.2. The monoisotopic (exact) mass is 277 g/mol. The Morgan fingerprint density at radius 2 is 2.10 bits per heavy atom. The molecule has 0 aliphatic heterocycles. The molecule has 0 saturated carbocycles. The van der Waals surface area contributed by atoms with E-state index in [-0.39, 0.29) is 19.0 Å². The van der Waals surface area contributed by atoms with Crippen LogP contribution >= 0.6 is 0 Å². The van der Waals surface area contributed by atoms with E-state index in [0.29, 0.717) is 6.61 Å². The number of hydrogen-bond donors (Lipinski definition) is 1. The predicted molar refractivity (Wildman–Crippen MR) is 71.0 cm³/mol. The van der Waals surface area contributed by atoms with Crippen molar-refractivity contribution in [2.75, 3.05) is 6.61 Å². The van der Waals surface area contributed by atoms with Gasteiger partial charge in [0.25, 0.3) is 0 Å². The van der Waals surface area contributed by atoms with E-state index in [0.717, 1.165) is 5.56 Å². The van der Waals surface area contributed by atoms with Gasteiger partial charge in [0, 0.05) is 0 Å². The number of aromatic nitrogens is 2. The lowest BCUT2D eigenvalue weighted by Crippen LogP contribution is -2.22. The van der Waals surface area contributed by atoms with Crippen molar-refractivity contribution in [2.45, 2.75) is 19.3 Å². The van der Waals surface area contributed by atoms with Crippen LogP contribution in [0.5, 0.6) is 0 Å². The topological polar surface area (TPSA) is 90.4 Å². The van der Waals surface area contributed by atoms with Crippen LogP contribution in [0.4, 0.5) is 5.82 Å². The van der Waals surface area contributed by atoms with Gasteiger partial charge in [0.15, 0.2) is 0 Å². The summed E-state index contributed by atoms with van der Waals surface area (Å²) in [4.78, 5) is 9.90. The highest BCUT2D eigenvalue weighted by Gasteiger charge is 2.14. The molecule has 0 saturated heterocycles. The minimum atomic E-state index is -0.766. The predicted octanol–water partition coefficient (Wildman–Crippen LogP) is 1.37. The van der Waals surface area contributed by atoms with E-state index >= 15 is 0 Å². The second-order valence-corrected chi connectivity index (χ2v) is 4.31. The molecular formula is C13H15N3O4. The molecule has 0 bridgehead atoms. The van der Waals surface area contributed by atoms with Crippen molar-refractivity contribution in [1.82, 2.24) is 9.78 Å². The molecule has 2 rings (SSSR count). The standard InChI is InChI=1S/C13H15N3O4/c17-12(8-15-7-6-13(14-15)16(18)19)10-20-9-11-4-2-1-3-5-11/h1-7,12,17H,8-10H2. The molecule has 7 nitrogen and oxygen atoms in total. The molecule has 0 spiro atoms. The van der Waals surface area contributed by atoms with Crippen LogP contribution in [0, 0.1) is 10.1 Å². The second kappa shape index (κ2) is 6.78. The van der Waals surface area contributed by atoms with Gasteiger partial charge >= 0.3 is 5.82 Å². The number of benzene rings is 1. The molecule has 0 fully saturated rings. The van der Waals surface area contributed by atoms with Crippen LogP contribution in [-0.2, 0) is 17.9 Å². The van der Waals surface area contributed by atoms with Crippen LogP contribution < -0.4 is 0 Å². The normalized spacial score (nSPS) is 12.2. The Morgan fingerprint density at radius 1 is 1.35 bits per heavy atom. The smallest absolute Gasteiger partial charge is 0.389 e. The fraction of sp³-hybridized carbons (Fsp3) is 0.308. The van der Waals surface area contributed by atoms with Gasteiger partial charge in [-0.3, -0.25) is 0 Å². The fourth-order valence-electron chi connectivity index (χ4n) is 1.71. The molecule has 106 valence electrons. The van der Waals surface area contributed by atoms with Gasteiger partial charge in [0.1, 0.15) is 0 Å². The van der Waals surface area contributed by atoms with E-state index in [4.69, 9.17) is 4.74 Å². The highest BCUT2D eigenvalue weighted by atomic mass is 16.6. The van der Waals surface area contributed by atoms with E-state index in [1.165, 1.54) is 16.9 Å². The number of nitro groups is 1. The summed E-state index contributed by atoms with van der Waals surface area (Å²) in [6.45, 7) is 0.711. The summed E-state index contributed by atoms with van der Waals surface area (Å²) in [5.41, 5.74) is 1.02. The summed E-state index contributed by atoms with van der Waals surface area (Å²) in [6, 6.07) is 10.9. The van der Waals surface area contributed by atoms with Crippen LogP contribution in [0.15, 0.2) is 42.6 Å². The lowest BCUT2D eigenvalue weighted by atomic mass is 10.2. The molecular weight excluding hydrogens is 262 g/mol. The van der Waals surface area contributed by atoms with Crippen molar-refractivity contribution in [3.8, 4) is 0 Å². The van der Waals surface area contributed by atoms with Crippen LogP contribution in [0.25, 0.3) is 0 Å². The largest absolute Gasteiger partial charge is 0.389 e. The molecule has 0 radical (unpaired) electrons. The highest BCUT2D eigenvalue weighted by molar-refractivity contribution is 5.14. The number of hydrogen-bond acceptors (Lipinski definition) is 5. The zero-order valence-corrected chi connectivity index (χ0v) is 10.8. The van der Waals surface area contributed by atoms with Gasteiger partial charge in [-0.25, -0.2) is 0 Å². The Hall–Kier alpha value is -2.25. The molecule has 1 heterocycles. The van der Waals surface area contributed by atoms with Crippen molar-refractivity contribution in [3.63, 3.8) is 0 Å². The quantitative estimate of drug-likeness (QED) is 0.609. The van der Waals surface area contributed by atoms with Crippen molar-refractivity contribution in [2.24, 2.45) is 0 Å². The molecule has 0 amide bonds. The first-order valence-electron chi connectivity index (χ1n) is 6.13. The first-order chi connectivity index (χ1) is 9.65. The summed E-state index contributed by atoms with van der Waals surface area (Å²) in [5, 5.41) is 24.0. The number of nitrogens with zero attached hydrogens (tertiary/aromatic N) is 3. The van der Waals surface area contributed by atoms with Crippen LogP contribution in [0.3, 0.4) is 0 Å². The number of aliphatic hydroxyl groups is 1. The molecule has 0 aliphatic carbocycles. The first-order valence-corrected chi connectivity index (χ1v) is 6.13. The lowest BCUT2D eigenvalue weighted by molar-refractivity contribution is -0.389. The van der Waals surface area contributed by atoms with Gasteiger partial charge in [-0.2, -0.15) is 4.68 Å². The third kappa shape index (κ3) is 4.15. The number of rotatable bonds is 7. The summed E-state index contributed by atoms with van der Waals surface area (Å²) in [6.07, 6.45) is 0.691. The average Bonchev–Trinajstić information content (AvgIpc) is 2.88. The average molecular weight is 277 g/mol. The molecule has 1 N–H and O–H groups in total. The summed E-state index contributed by atoms with van der Waals surface area (Å²) in [5.74, 6) is -0.234. The third-order valence-corrected chi connectivity index (χ3v) is 2.63. The molecule has 2 aromatic rings. The van der Waals surface area contributed by atoms with E-state index in [1.54, 1.807) is 0 Å². The Kier molecular flexibility index (Phi) is 4.80. The summed E-state index contributed by atoms with van der Waals surface area (Å²) >= 11 is 0. The van der Waals surface area contributed by atoms with Crippen molar-refractivity contribution in [1.29, 1.82) is 0 Å². The Labute approximate surface area is 115 Å². The van der Waals surface area contributed by atoms with Gasteiger partial charge in [-0.05, 0) is 10.5 Å².